The molecule has 0 radical (unpaired) electrons. The molecule has 2 aliphatic rings. The molecule has 3 heteroatoms. The monoisotopic (exact) mass is 271 g/mol. The van der Waals surface area contributed by atoms with Crippen LogP contribution in [0.15, 0.2) is 30.3 Å². The molecule has 1 N–H and O–H groups in total. The van der Waals surface area contributed by atoms with E-state index in [2.05, 4.69) is 40.1 Å². The third-order valence-electron chi connectivity index (χ3n) is 4.70. The van der Waals surface area contributed by atoms with Crippen molar-refractivity contribution in [3.8, 4) is 0 Å². The Balaban J connectivity index is 1.48. The van der Waals surface area contributed by atoms with Gasteiger partial charge >= 0.3 is 0 Å². The lowest BCUT2D eigenvalue weighted by atomic mass is 10.1. The van der Waals surface area contributed by atoms with E-state index in [9.17, 15) is 0 Å². The Hall–Kier alpha value is -1.35. The molecule has 0 atom stereocenters. The van der Waals surface area contributed by atoms with E-state index >= 15 is 0 Å². The highest BCUT2D eigenvalue weighted by molar-refractivity contribution is 5.82. The highest BCUT2D eigenvalue weighted by Gasteiger charge is 2.26. The first kappa shape index (κ1) is 13.6. The van der Waals surface area contributed by atoms with E-state index in [0.29, 0.717) is 5.92 Å². The van der Waals surface area contributed by atoms with Crippen molar-refractivity contribution < 1.29 is 0 Å². The predicted molar refractivity (Wildman–Crippen MR) is 83.0 cm³/mol. The summed E-state index contributed by atoms with van der Waals surface area (Å²) >= 11 is 0. The highest BCUT2D eigenvalue weighted by Crippen LogP contribution is 2.27. The van der Waals surface area contributed by atoms with Gasteiger partial charge in [-0.25, -0.2) is 0 Å². The van der Waals surface area contributed by atoms with E-state index < -0.39 is 0 Å². The minimum atomic E-state index is 0.552. The molecule has 3 rings (SSSR count). The van der Waals surface area contributed by atoms with Gasteiger partial charge in [0, 0.05) is 38.6 Å². The minimum Gasteiger partial charge on any atom is -0.358 e. The summed E-state index contributed by atoms with van der Waals surface area (Å²) in [4.78, 5) is 4.82. The Bertz CT molecular complexity index is 429. The van der Waals surface area contributed by atoms with Crippen LogP contribution in [-0.4, -0.2) is 41.8 Å². The van der Waals surface area contributed by atoms with Crippen LogP contribution in [0.5, 0.6) is 0 Å². The molecule has 0 unspecified atom stereocenters. The lowest BCUT2D eigenvalue weighted by molar-refractivity contribution is 0.170. The lowest BCUT2D eigenvalue weighted by Gasteiger charge is -2.37. The van der Waals surface area contributed by atoms with Crippen molar-refractivity contribution in [1.29, 1.82) is 5.41 Å². The van der Waals surface area contributed by atoms with Crippen molar-refractivity contribution in [2.24, 2.45) is 5.92 Å². The van der Waals surface area contributed by atoms with Crippen LogP contribution in [0.1, 0.15) is 31.2 Å². The van der Waals surface area contributed by atoms with Gasteiger partial charge in [-0.15, -0.1) is 0 Å². The van der Waals surface area contributed by atoms with Crippen LogP contribution in [0.25, 0.3) is 0 Å². The smallest absolute Gasteiger partial charge is 0.0990 e. The maximum Gasteiger partial charge on any atom is 0.0990 e. The number of nitrogens with zero attached hydrogens (tertiary/aromatic N) is 2. The summed E-state index contributed by atoms with van der Waals surface area (Å²) in [5.41, 5.74) is 1.40. The molecule has 20 heavy (non-hydrogen) atoms. The molecule has 1 aliphatic heterocycles. The molecule has 108 valence electrons. The second-order valence-electron chi connectivity index (χ2n) is 6.12. The van der Waals surface area contributed by atoms with Crippen molar-refractivity contribution >= 4 is 5.84 Å². The average molecular weight is 271 g/mol. The number of nitrogens with one attached hydrogen (secondary N) is 1. The second-order valence-corrected chi connectivity index (χ2v) is 6.12. The molecule has 0 bridgehead atoms. The van der Waals surface area contributed by atoms with E-state index in [1.807, 2.05) is 0 Å². The van der Waals surface area contributed by atoms with Gasteiger partial charge in [0.2, 0.25) is 0 Å². The largest absolute Gasteiger partial charge is 0.358 e. The van der Waals surface area contributed by atoms with E-state index in [0.717, 1.165) is 38.6 Å². The van der Waals surface area contributed by atoms with E-state index in [1.54, 1.807) is 0 Å². The fraction of sp³-hybridized carbons (Fsp3) is 0.588. The zero-order valence-electron chi connectivity index (χ0n) is 12.2. The van der Waals surface area contributed by atoms with Crippen molar-refractivity contribution in [2.75, 3.05) is 26.2 Å². The molecule has 1 saturated heterocycles. The fourth-order valence-electron chi connectivity index (χ4n) is 3.45. The number of hydrogen-bond donors (Lipinski definition) is 1. The Morgan fingerprint density at radius 1 is 1.00 bits per heavy atom. The molecule has 2 fully saturated rings. The normalized spacial score (nSPS) is 21.3. The van der Waals surface area contributed by atoms with Crippen LogP contribution in [0.4, 0.5) is 0 Å². The first-order chi connectivity index (χ1) is 9.83. The van der Waals surface area contributed by atoms with Crippen LogP contribution < -0.4 is 0 Å². The Morgan fingerprint density at radius 2 is 1.65 bits per heavy atom. The Morgan fingerprint density at radius 3 is 2.30 bits per heavy atom. The third-order valence-corrected chi connectivity index (χ3v) is 4.70. The van der Waals surface area contributed by atoms with Crippen LogP contribution >= 0.6 is 0 Å². The molecule has 1 aromatic rings. The molecule has 3 nitrogen and oxygen atoms in total. The fourth-order valence-corrected chi connectivity index (χ4v) is 3.45. The molecule has 1 aromatic carbocycles. The van der Waals surface area contributed by atoms with Crippen LogP contribution in [0, 0.1) is 11.3 Å². The van der Waals surface area contributed by atoms with Gasteiger partial charge in [-0.3, -0.25) is 10.3 Å². The zero-order chi connectivity index (χ0) is 13.8. The number of rotatable bonds is 3. The van der Waals surface area contributed by atoms with Gasteiger partial charge < -0.3 is 4.90 Å². The van der Waals surface area contributed by atoms with Crippen molar-refractivity contribution in [1.82, 2.24) is 9.80 Å². The third kappa shape index (κ3) is 3.21. The van der Waals surface area contributed by atoms with Crippen LogP contribution in [0.2, 0.25) is 0 Å². The summed E-state index contributed by atoms with van der Waals surface area (Å²) in [6.45, 7) is 5.28. The number of amidine groups is 1. The van der Waals surface area contributed by atoms with E-state index in [1.165, 1.54) is 31.2 Å². The second kappa shape index (κ2) is 6.40. The predicted octanol–water partition coefficient (Wildman–Crippen LogP) is 2.97. The van der Waals surface area contributed by atoms with Gasteiger partial charge in [-0.1, -0.05) is 43.2 Å². The molecule has 0 spiro atoms. The molecule has 1 saturated carbocycles. The van der Waals surface area contributed by atoms with Crippen LogP contribution in [0.3, 0.4) is 0 Å². The first-order valence-electron chi connectivity index (χ1n) is 7.92. The van der Waals surface area contributed by atoms with Gasteiger partial charge in [0.05, 0.1) is 5.84 Å². The zero-order valence-corrected chi connectivity index (χ0v) is 12.2. The maximum absolute atomic E-state index is 8.37. The van der Waals surface area contributed by atoms with E-state index in [4.69, 9.17) is 5.41 Å². The minimum absolute atomic E-state index is 0.552. The summed E-state index contributed by atoms with van der Waals surface area (Å²) in [5, 5.41) is 8.37. The molecular weight excluding hydrogens is 246 g/mol. The summed E-state index contributed by atoms with van der Waals surface area (Å²) < 4.78 is 0. The molecule has 1 heterocycles. The van der Waals surface area contributed by atoms with Gasteiger partial charge in [0.1, 0.15) is 0 Å². The lowest BCUT2D eigenvalue weighted by Crippen LogP contribution is -2.49. The standard InChI is InChI=1S/C17H25N3/c18-17(16-8-4-5-9-16)20-12-10-19(11-13-20)14-15-6-2-1-3-7-15/h1-3,6-7,16,18H,4-5,8-14H2. The Kier molecular flexibility index (Phi) is 4.36. The van der Waals surface area contributed by atoms with Crippen molar-refractivity contribution in [3.05, 3.63) is 35.9 Å². The summed E-state index contributed by atoms with van der Waals surface area (Å²) in [5.74, 6) is 1.47. The highest BCUT2D eigenvalue weighted by atomic mass is 15.3. The topological polar surface area (TPSA) is 30.3 Å². The summed E-state index contributed by atoms with van der Waals surface area (Å²) in [7, 11) is 0. The summed E-state index contributed by atoms with van der Waals surface area (Å²) in [6.07, 6.45) is 5.12. The average Bonchev–Trinajstić information content (AvgIpc) is 3.03. The first-order valence-corrected chi connectivity index (χ1v) is 7.92. The SMILES string of the molecule is N=C(C1CCCC1)N1CCN(Cc2ccccc2)CC1. The molecule has 0 amide bonds. The van der Waals surface area contributed by atoms with Crippen molar-refractivity contribution in [2.45, 2.75) is 32.2 Å². The number of hydrogen-bond acceptors (Lipinski definition) is 2. The number of piperazine rings is 1. The molecule has 0 aromatic heterocycles. The van der Waals surface area contributed by atoms with Crippen LogP contribution in [-0.2, 0) is 6.54 Å². The molecule has 1 aliphatic carbocycles. The maximum atomic E-state index is 8.37. The summed E-state index contributed by atoms with van der Waals surface area (Å²) in [6, 6.07) is 10.7. The van der Waals surface area contributed by atoms with Gasteiger partial charge in [0.25, 0.3) is 0 Å². The quantitative estimate of drug-likeness (QED) is 0.677. The van der Waals surface area contributed by atoms with Gasteiger partial charge in [0.15, 0.2) is 0 Å². The van der Waals surface area contributed by atoms with Gasteiger partial charge in [-0.05, 0) is 18.4 Å². The van der Waals surface area contributed by atoms with Gasteiger partial charge in [-0.2, -0.15) is 0 Å². The molecular formula is C17H25N3. The Labute approximate surface area is 122 Å². The van der Waals surface area contributed by atoms with Crippen molar-refractivity contribution in [3.63, 3.8) is 0 Å². The number of benzene rings is 1. The van der Waals surface area contributed by atoms with E-state index in [-0.39, 0.29) is 0 Å².